The van der Waals surface area contributed by atoms with Crippen molar-refractivity contribution in [3.63, 3.8) is 0 Å². The Labute approximate surface area is 142 Å². The molecule has 0 radical (unpaired) electrons. The van der Waals surface area contributed by atoms with E-state index in [1.54, 1.807) is 12.4 Å². The number of nitrogens with zero attached hydrogens (tertiary/aromatic N) is 2. The summed E-state index contributed by atoms with van der Waals surface area (Å²) < 4.78 is 5.68. The van der Waals surface area contributed by atoms with E-state index >= 15 is 0 Å². The Balaban J connectivity index is 1.51. The normalized spacial score (nSPS) is 17.5. The summed E-state index contributed by atoms with van der Waals surface area (Å²) in [4.78, 5) is 20.9. The van der Waals surface area contributed by atoms with Crippen LogP contribution >= 0.6 is 0 Å². The maximum atomic E-state index is 12.1. The minimum Gasteiger partial charge on any atom is -0.370 e. The van der Waals surface area contributed by atoms with Gasteiger partial charge in [-0.25, -0.2) is 9.97 Å². The minimum atomic E-state index is 0.00369. The zero-order chi connectivity index (χ0) is 16.8. The predicted molar refractivity (Wildman–Crippen MR) is 91.3 cm³/mol. The number of rotatable bonds is 5. The summed E-state index contributed by atoms with van der Waals surface area (Å²) in [6, 6.07) is 7.93. The molecule has 2 aromatic rings. The van der Waals surface area contributed by atoms with E-state index in [-0.39, 0.29) is 12.0 Å². The number of amides is 1. The molecule has 1 aliphatic heterocycles. The number of carbonyl (C=O) groups is 1. The second-order valence-corrected chi connectivity index (χ2v) is 6.18. The van der Waals surface area contributed by atoms with Crippen LogP contribution in [0.25, 0.3) is 0 Å². The van der Waals surface area contributed by atoms with E-state index in [4.69, 9.17) is 4.74 Å². The summed E-state index contributed by atoms with van der Waals surface area (Å²) >= 11 is 0. The number of hydrogen-bond acceptors (Lipinski definition) is 4. The van der Waals surface area contributed by atoms with Crippen molar-refractivity contribution in [3.05, 3.63) is 59.2 Å². The molecule has 126 valence electrons. The SMILES string of the molecule is Cc1ccccc1CC(=O)NCc1cnc([C@H]2CCCCO2)nc1. The Morgan fingerprint density at radius 3 is 2.75 bits per heavy atom. The summed E-state index contributed by atoms with van der Waals surface area (Å²) in [5.74, 6) is 0.744. The molecule has 1 atom stereocenters. The molecule has 1 aromatic carbocycles. The van der Waals surface area contributed by atoms with Crippen LogP contribution in [0.4, 0.5) is 0 Å². The lowest BCUT2D eigenvalue weighted by atomic mass is 10.1. The molecule has 2 heterocycles. The number of aryl methyl sites for hydroxylation is 1. The highest BCUT2D eigenvalue weighted by Crippen LogP contribution is 2.24. The van der Waals surface area contributed by atoms with Gasteiger partial charge in [-0.1, -0.05) is 24.3 Å². The van der Waals surface area contributed by atoms with Gasteiger partial charge < -0.3 is 10.1 Å². The fraction of sp³-hybridized carbons (Fsp3) is 0.421. The van der Waals surface area contributed by atoms with Crippen LogP contribution in [0.1, 0.15) is 47.9 Å². The average Bonchev–Trinajstić information content (AvgIpc) is 2.63. The third-order valence-corrected chi connectivity index (χ3v) is 4.29. The Bertz CT molecular complexity index is 679. The first-order chi connectivity index (χ1) is 11.7. The van der Waals surface area contributed by atoms with Gasteiger partial charge in [0.25, 0.3) is 0 Å². The minimum absolute atomic E-state index is 0.00369. The Hall–Kier alpha value is -2.27. The fourth-order valence-electron chi connectivity index (χ4n) is 2.81. The molecule has 0 saturated carbocycles. The number of nitrogens with one attached hydrogen (secondary N) is 1. The van der Waals surface area contributed by atoms with Crippen LogP contribution in [-0.4, -0.2) is 22.5 Å². The molecule has 5 nitrogen and oxygen atoms in total. The lowest BCUT2D eigenvalue weighted by Gasteiger charge is -2.21. The zero-order valence-electron chi connectivity index (χ0n) is 14.0. The highest BCUT2D eigenvalue weighted by molar-refractivity contribution is 5.78. The van der Waals surface area contributed by atoms with Crippen molar-refractivity contribution in [2.24, 2.45) is 0 Å². The highest BCUT2D eigenvalue weighted by atomic mass is 16.5. The first-order valence-corrected chi connectivity index (χ1v) is 8.46. The van der Waals surface area contributed by atoms with E-state index in [0.29, 0.717) is 13.0 Å². The molecule has 1 N–H and O–H groups in total. The maximum absolute atomic E-state index is 12.1. The molecule has 1 aromatic heterocycles. The molecule has 3 rings (SSSR count). The van der Waals surface area contributed by atoms with Crippen LogP contribution in [0.5, 0.6) is 0 Å². The molecule has 0 bridgehead atoms. The van der Waals surface area contributed by atoms with Crippen LogP contribution < -0.4 is 5.32 Å². The van der Waals surface area contributed by atoms with Crippen molar-refractivity contribution in [1.82, 2.24) is 15.3 Å². The molecule has 1 saturated heterocycles. The number of carbonyl (C=O) groups excluding carboxylic acids is 1. The highest BCUT2D eigenvalue weighted by Gasteiger charge is 2.18. The van der Waals surface area contributed by atoms with Gasteiger partial charge in [0.1, 0.15) is 6.10 Å². The molecule has 24 heavy (non-hydrogen) atoms. The molecule has 0 unspecified atom stereocenters. The van der Waals surface area contributed by atoms with E-state index in [1.165, 1.54) is 0 Å². The molecular weight excluding hydrogens is 302 g/mol. The molecule has 5 heteroatoms. The lowest BCUT2D eigenvalue weighted by Crippen LogP contribution is -2.25. The summed E-state index contributed by atoms with van der Waals surface area (Å²) in [6.45, 7) is 3.24. The zero-order valence-corrected chi connectivity index (χ0v) is 14.0. The van der Waals surface area contributed by atoms with Gasteiger partial charge in [0.2, 0.25) is 5.91 Å². The van der Waals surface area contributed by atoms with E-state index in [1.807, 2.05) is 31.2 Å². The summed E-state index contributed by atoms with van der Waals surface area (Å²) in [5, 5.41) is 2.92. The third-order valence-electron chi connectivity index (χ3n) is 4.29. The maximum Gasteiger partial charge on any atom is 0.224 e. The third kappa shape index (κ3) is 4.38. The molecular formula is C19H23N3O2. The smallest absolute Gasteiger partial charge is 0.224 e. The van der Waals surface area contributed by atoms with Gasteiger partial charge in [0, 0.05) is 31.1 Å². The van der Waals surface area contributed by atoms with Gasteiger partial charge in [-0.2, -0.15) is 0 Å². The van der Waals surface area contributed by atoms with Gasteiger partial charge in [0.05, 0.1) is 6.42 Å². The Morgan fingerprint density at radius 1 is 1.25 bits per heavy atom. The second-order valence-electron chi connectivity index (χ2n) is 6.18. The molecule has 1 fully saturated rings. The summed E-state index contributed by atoms with van der Waals surface area (Å²) in [5.41, 5.74) is 3.08. The Kier molecular flexibility index (Phi) is 5.54. The largest absolute Gasteiger partial charge is 0.370 e. The van der Waals surface area contributed by atoms with Gasteiger partial charge in [-0.3, -0.25) is 4.79 Å². The van der Waals surface area contributed by atoms with Crippen molar-refractivity contribution in [3.8, 4) is 0 Å². The van der Waals surface area contributed by atoms with Crippen LogP contribution in [0.2, 0.25) is 0 Å². The number of aromatic nitrogens is 2. The van der Waals surface area contributed by atoms with E-state index in [2.05, 4.69) is 15.3 Å². The van der Waals surface area contributed by atoms with E-state index in [9.17, 15) is 4.79 Å². The standard InChI is InChI=1S/C19H23N3O2/c1-14-6-2-3-7-16(14)10-18(23)20-11-15-12-21-19(22-13-15)17-8-4-5-9-24-17/h2-3,6-7,12-13,17H,4-5,8-11H2,1H3,(H,20,23)/t17-/m1/s1. The van der Waals surface area contributed by atoms with Crippen molar-refractivity contribution < 1.29 is 9.53 Å². The van der Waals surface area contributed by atoms with Gasteiger partial charge in [0.15, 0.2) is 5.82 Å². The van der Waals surface area contributed by atoms with Crippen molar-refractivity contribution in [2.75, 3.05) is 6.61 Å². The van der Waals surface area contributed by atoms with Crippen molar-refractivity contribution >= 4 is 5.91 Å². The molecule has 1 amide bonds. The van der Waals surface area contributed by atoms with Gasteiger partial charge in [-0.05, 0) is 37.3 Å². The van der Waals surface area contributed by atoms with Crippen molar-refractivity contribution in [2.45, 2.75) is 45.3 Å². The Morgan fingerprint density at radius 2 is 2.04 bits per heavy atom. The summed E-state index contributed by atoms with van der Waals surface area (Å²) in [6.07, 6.45) is 7.20. The van der Waals surface area contributed by atoms with Crippen LogP contribution in [0, 0.1) is 6.92 Å². The molecule has 1 aliphatic rings. The topological polar surface area (TPSA) is 64.1 Å². The van der Waals surface area contributed by atoms with E-state index in [0.717, 1.165) is 48.4 Å². The fourth-order valence-corrected chi connectivity index (χ4v) is 2.81. The van der Waals surface area contributed by atoms with Gasteiger partial charge >= 0.3 is 0 Å². The first-order valence-electron chi connectivity index (χ1n) is 8.46. The first kappa shape index (κ1) is 16.6. The lowest BCUT2D eigenvalue weighted by molar-refractivity contribution is -0.120. The number of hydrogen-bond donors (Lipinski definition) is 1. The van der Waals surface area contributed by atoms with E-state index < -0.39 is 0 Å². The summed E-state index contributed by atoms with van der Waals surface area (Å²) in [7, 11) is 0. The van der Waals surface area contributed by atoms with Gasteiger partial charge in [-0.15, -0.1) is 0 Å². The predicted octanol–water partition coefficient (Wildman–Crippen LogP) is 2.89. The second kappa shape index (κ2) is 8.02. The monoisotopic (exact) mass is 325 g/mol. The molecule has 0 aliphatic carbocycles. The molecule has 0 spiro atoms. The van der Waals surface area contributed by atoms with Crippen LogP contribution in [0.15, 0.2) is 36.7 Å². The van der Waals surface area contributed by atoms with Crippen LogP contribution in [-0.2, 0) is 22.5 Å². The van der Waals surface area contributed by atoms with Crippen molar-refractivity contribution in [1.29, 1.82) is 0 Å². The quantitative estimate of drug-likeness (QED) is 0.918. The number of benzene rings is 1. The average molecular weight is 325 g/mol. The van der Waals surface area contributed by atoms with Crippen LogP contribution in [0.3, 0.4) is 0 Å². The number of ether oxygens (including phenoxy) is 1.